The van der Waals surface area contributed by atoms with E-state index < -0.39 is 59.8 Å². The Hall–Kier alpha value is -3.24. The standard InChI is InChI=1S/C57H94O12S/c1-3-5-7-9-11-13-15-17-19-21-23-24-25-26-27-28-29-30-32-34-36-38-40-42-44-46-53(59)67-51(50-66-57-55(61)56(69-70(62,63)64)54(60)52(48-58)68-57)49-65-47-45-43-41-39-37-35-33-31-22-20-18-16-14-12-10-8-6-4-2/h5-8,11-14,17-20,23-24,26-27,31,33,51-52,54-58,60-61H,3-4,9-10,15-16,21-22,25,28-30,32,34-50H2,1-2H3,(H,62,63,64)/b7-5-,8-6-,13-11-,14-12-,19-17-,20-18-,24-23-,27-26-,33-31-. The van der Waals surface area contributed by atoms with Crippen LogP contribution in [0.1, 0.15) is 181 Å². The second kappa shape index (κ2) is 46.8. The Morgan fingerprint density at radius 3 is 1.37 bits per heavy atom. The molecule has 0 aromatic carbocycles. The highest BCUT2D eigenvalue weighted by molar-refractivity contribution is 7.80. The van der Waals surface area contributed by atoms with Crippen LogP contribution < -0.4 is 0 Å². The molecule has 4 N–H and O–H groups in total. The number of esters is 1. The third-order valence-electron chi connectivity index (χ3n) is 11.4. The molecular weight excluding hydrogens is 909 g/mol. The van der Waals surface area contributed by atoms with Crippen LogP contribution >= 0.6 is 0 Å². The first kappa shape index (κ1) is 64.8. The van der Waals surface area contributed by atoms with Crippen LogP contribution in [0.25, 0.3) is 0 Å². The van der Waals surface area contributed by atoms with Crippen LogP contribution in [0.3, 0.4) is 0 Å². The van der Waals surface area contributed by atoms with Gasteiger partial charge in [-0.1, -0.05) is 187 Å². The molecule has 0 spiro atoms. The van der Waals surface area contributed by atoms with E-state index >= 15 is 0 Å². The summed E-state index contributed by atoms with van der Waals surface area (Å²) in [5, 5.41) is 30.8. The fourth-order valence-electron chi connectivity index (χ4n) is 7.45. The molecule has 400 valence electrons. The number of carbonyl (C=O) groups is 1. The number of allylic oxidation sites excluding steroid dienone is 18. The van der Waals surface area contributed by atoms with Crippen molar-refractivity contribution in [1.29, 1.82) is 0 Å². The summed E-state index contributed by atoms with van der Waals surface area (Å²) < 4.78 is 59.3. The molecule has 0 aromatic rings. The molecule has 1 aliphatic rings. The molecule has 1 heterocycles. The molecule has 12 nitrogen and oxygen atoms in total. The predicted molar refractivity (Wildman–Crippen MR) is 284 cm³/mol. The summed E-state index contributed by atoms with van der Waals surface area (Å²) in [6.07, 6.45) is 56.9. The van der Waals surface area contributed by atoms with Crippen molar-refractivity contribution in [3.05, 3.63) is 109 Å². The Morgan fingerprint density at radius 1 is 0.543 bits per heavy atom. The number of carbonyl (C=O) groups excluding carboxylic acids is 1. The summed E-state index contributed by atoms with van der Waals surface area (Å²) in [5.41, 5.74) is 0. The van der Waals surface area contributed by atoms with E-state index in [-0.39, 0.29) is 19.6 Å². The van der Waals surface area contributed by atoms with Crippen LogP contribution in [0.15, 0.2) is 109 Å². The summed E-state index contributed by atoms with van der Waals surface area (Å²) in [6.45, 7) is 3.70. The van der Waals surface area contributed by atoms with Gasteiger partial charge in [0.25, 0.3) is 0 Å². The van der Waals surface area contributed by atoms with Gasteiger partial charge in [0.2, 0.25) is 0 Å². The quantitative estimate of drug-likeness (QED) is 0.0197. The Bertz CT molecular complexity index is 1630. The Kier molecular flexibility index (Phi) is 43.3. The van der Waals surface area contributed by atoms with E-state index in [1.807, 2.05) is 0 Å². The van der Waals surface area contributed by atoms with E-state index in [0.29, 0.717) is 13.0 Å². The van der Waals surface area contributed by atoms with Gasteiger partial charge in [-0.3, -0.25) is 9.35 Å². The van der Waals surface area contributed by atoms with Gasteiger partial charge < -0.3 is 34.3 Å². The largest absolute Gasteiger partial charge is 0.457 e. The van der Waals surface area contributed by atoms with Crippen molar-refractivity contribution in [1.82, 2.24) is 0 Å². The molecule has 0 aromatic heterocycles. The van der Waals surface area contributed by atoms with Gasteiger partial charge >= 0.3 is 16.4 Å². The van der Waals surface area contributed by atoms with Gasteiger partial charge in [-0.05, 0) is 96.3 Å². The molecule has 1 saturated heterocycles. The monoisotopic (exact) mass is 1000 g/mol. The van der Waals surface area contributed by atoms with Crippen LogP contribution in [-0.4, -0.2) is 97.5 Å². The van der Waals surface area contributed by atoms with E-state index in [2.05, 4.69) is 127 Å². The van der Waals surface area contributed by atoms with E-state index in [9.17, 15) is 33.1 Å². The summed E-state index contributed by atoms with van der Waals surface area (Å²) >= 11 is 0. The smallest absolute Gasteiger partial charge is 0.397 e. The number of rotatable bonds is 45. The lowest BCUT2D eigenvalue weighted by Crippen LogP contribution is -2.60. The Labute approximate surface area is 424 Å². The normalized spacial score (nSPS) is 20.0. The molecule has 0 radical (unpaired) electrons. The Morgan fingerprint density at radius 2 is 0.943 bits per heavy atom. The first-order valence-corrected chi connectivity index (χ1v) is 28.0. The molecule has 1 rings (SSSR count). The van der Waals surface area contributed by atoms with Crippen LogP contribution in [0.4, 0.5) is 0 Å². The minimum absolute atomic E-state index is 0.0136. The van der Waals surface area contributed by atoms with Crippen molar-refractivity contribution in [2.75, 3.05) is 26.4 Å². The van der Waals surface area contributed by atoms with Crippen LogP contribution in [0.2, 0.25) is 0 Å². The third-order valence-corrected chi connectivity index (χ3v) is 11.9. The first-order chi connectivity index (χ1) is 34.1. The fraction of sp³-hybridized carbons (Fsp3) is 0.667. The van der Waals surface area contributed by atoms with E-state index in [1.54, 1.807) is 0 Å². The topological polar surface area (TPSA) is 178 Å². The highest BCUT2D eigenvalue weighted by Crippen LogP contribution is 2.26. The molecule has 70 heavy (non-hydrogen) atoms. The van der Waals surface area contributed by atoms with Crippen molar-refractivity contribution in [2.24, 2.45) is 0 Å². The first-order valence-electron chi connectivity index (χ1n) is 26.6. The Balaban J connectivity index is 2.36. The molecule has 6 atom stereocenters. The summed E-state index contributed by atoms with van der Waals surface area (Å²) in [6, 6.07) is 0. The zero-order valence-corrected chi connectivity index (χ0v) is 43.8. The molecule has 0 saturated carbocycles. The second-order valence-electron chi connectivity index (χ2n) is 17.7. The van der Waals surface area contributed by atoms with E-state index in [4.69, 9.17) is 18.9 Å². The number of aliphatic hydroxyl groups is 3. The minimum atomic E-state index is -5.08. The number of hydrogen-bond donors (Lipinski definition) is 4. The maximum absolute atomic E-state index is 12.9. The van der Waals surface area contributed by atoms with Crippen molar-refractivity contribution < 1.29 is 56.2 Å². The van der Waals surface area contributed by atoms with Crippen LogP contribution in [-0.2, 0) is 38.3 Å². The van der Waals surface area contributed by atoms with Crippen molar-refractivity contribution in [3.63, 3.8) is 0 Å². The van der Waals surface area contributed by atoms with Crippen molar-refractivity contribution >= 4 is 16.4 Å². The maximum atomic E-state index is 12.9. The van der Waals surface area contributed by atoms with Gasteiger partial charge in [-0.15, -0.1) is 0 Å². The van der Waals surface area contributed by atoms with E-state index in [0.717, 1.165) is 122 Å². The molecule has 0 bridgehead atoms. The summed E-state index contributed by atoms with van der Waals surface area (Å²) in [5.74, 6) is -0.417. The molecule has 0 aliphatic carbocycles. The maximum Gasteiger partial charge on any atom is 0.397 e. The minimum Gasteiger partial charge on any atom is -0.457 e. The van der Waals surface area contributed by atoms with Gasteiger partial charge in [0.15, 0.2) is 6.29 Å². The average Bonchev–Trinajstić information content (AvgIpc) is 3.34. The van der Waals surface area contributed by atoms with Gasteiger partial charge in [0.05, 0.1) is 19.8 Å². The molecule has 1 aliphatic heterocycles. The summed E-state index contributed by atoms with van der Waals surface area (Å²) in [7, 11) is -5.08. The van der Waals surface area contributed by atoms with Gasteiger partial charge in [-0.25, -0.2) is 4.18 Å². The highest BCUT2D eigenvalue weighted by atomic mass is 32.3. The third kappa shape index (κ3) is 39.4. The van der Waals surface area contributed by atoms with Gasteiger partial charge in [0.1, 0.15) is 30.5 Å². The van der Waals surface area contributed by atoms with Crippen molar-refractivity contribution in [3.8, 4) is 0 Å². The number of ether oxygens (including phenoxy) is 4. The average molecular weight is 1000 g/mol. The van der Waals surface area contributed by atoms with E-state index in [1.165, 1.54) is 32.1 Å². The van der Waals surface area contributed by atoms with Crippen LogP contribution in [0, 0.1) is 0 Å². The van der Waals surface area contributed by atoms with Crippen molar-refractivity contribution in [2.45, 2.75) is 218 Å². The number of unbranched alkanes of at least 4 members (excludes halogenated alkanes) is 14. The van der Waals surface area contributed by atoms with Gasteiger partial charge in [-0.2, -0.15) is 8.42 Å². The SMILES string of the molecule is CC/C=C\C/C=C\C/C=C\C/C=C\C/C=C\CCCCCCCCCCCC(=O)OC(COCCCCCCC/C=C\C/C=C\C/C=C\C/C=C\CC)COC1OC(CO)C(O)C(OS(=O)(=O)O)C1O. The number of aliphatic hydroxyl groups excluding tert-OH is 3. The van der Waals surface area contributed by atoms with Gasteiger partial charge in [0, 0.05) is 13.0 Å². The molecule has 1 fully saturated rings. The molecular formula is C57H94O12S. The predicted octanol–water partition coefficient (Wildman–Crippen LogP) is 12.7. The lowest BCUT2D eigenvalue weighted by Gasteiger charge is -2.41. The molecule has 0 amide bonds. The lowest BCUT2D eigenvalue weighted by molar-refractivity contribution is -0.301. The second-order valence-corrected chi connectivity index (χ2v) is 18.7. The lowest BCUT2D eigenvalue weighted by atomic mass is 9.99. The fourth-order valence-corrected chi connectivity index (χ4v) is 7.96. The summed E-state index contributed by atoms with van der Waals surface area (Å²) in [4.78, 5) is 12.9. The molecule has 13 heteroatoms. The zero-order valence-electron chi connectivity index (χ0n) is 43.0. The molecule has 6 unspecified atom stereocenters. The zero-order chi connectivity index (χ0) is 51.0. The number of hydrogen-bond acceptors (Lipinski definition) is 11. The highest BCUT2D eigenvalue weighted by Gasteiger charge is 2.48. The van der Waals surface area contributed by atoms with Crippen LogP contribution in [0.5, 0.6) is 0 Å².